The monoisotopic (exact) mass is 230 g/mol. The predicted octanol–water partition coefficient (Wildman–Crippen LogP) is 2.12. The molecule has 0 saturated heterocycles. The first-order chi connectivity index (χ1) is 7.50. The molecule has 0 rings (SSSR count). The van der Waals surface area contributed by atoms with Crippen molar-refractivity contribution >= 4 is 0 Å². The van der Waals surface area contributed by atoms with E-state index in [-0.39, 0.29) is 5.54 Å². The Morgan fingerprint density at radius 2 is 1.69 bits per heavy atom. The fourth-order valence-electron chi connectivity index (χ4n) is 1.31. The fourth-order valence-corrected chi connectivity index (χ4v) is 1.31. The minimum Gasteiger partial charge on any atom is -0.380 e. The van der Waals surface area contributed by atoms with Gasteiger partial charge in [0.15, 0.2) is 0 Å². The quantitative estimate of drug-likeness (QED) is 0.582. The molecule has 0 aromatic carbocycles. The van der Waals surface area contributed by atoms with Crippen LogP contribution in [0.5, 0.6) is 0 Å². The summed E-state index contributed by atoms with van der Waals surface area (Å²) >= 11 is 0. The molecule has 0 aromatic rings. The van der Waals surface area contributed by atoms with Crippen LogP contribution in [0.3, 0.4) is 0 Å². The van der Waals surface area contributed by atoms with Gasteiger partial charge in [0.05, 0.1) is 6.61 Å². The number of likely N-dealkylation sites (N-methyl/N-ethyl adjacent to an activating group) is 1. The Hall–Kier alpha value is -0.120. The number of unbranched alkanes of at least 4 members (excludes halogenated alkanes) is 3. The zero-order valence-electron chi connectivity index (χ0n) is 11.8. The summed E-state index contributed by atoms with van der Waals surface area (Å²) in [7, 11) is 6.20. The van der Waals surface area contributed by atoms with Crippen LogP contribution in [0.15, 0.2) is 0 Å². The molecule has 0 aliphatic carbocycles. The van der Waals surface area contributed by atoms with Gasteiger partial charge in [0.25, 0.3) is 0 Å². The second-order valence-electron chi connectivity index (χ2n) is 5.28. The average molecular weight is 230 g/mol. The molecule has 0 radical (unpaired) electrons. The van der Waals surface area contributed by atoms with Crippen LogP contribution in [-0.2, 0) is 4.74 Å². The third-order valence-corrected chi connectivity index (χ3v) is 3.13. The van der Waals surface area contributed by atoms with E-state index in [1.165, 1.54) is 25.7 Å². The van der Waals surface area contributed by atoms with Crippen molar-refractivity contribution in [1.82, 2.24) is 10.2 Å². The van der Waals surface area contributed by atoms with Gasteiger partial charge in [-0.25, -0.2) is 0 Å². The molecule has 0 aliphatic rings. The van der Waals surface area contributed by atoms with Crippen molar-refractivity contribution in [2.75, 3.05) is 40.9 Å². The number of ether oxygens (including phenoxy) is 1. The van der Waals surface area contributed by atoms with Crippen LogP contribution in [0.2, 0.25) is 0 Å². The Morgan fingerprint density at radius 3 is 2.25 bits per heavy atom. The maximum Gasteiger partial charge on any atom is 0.0644 e. The van der Waals surface area contributed by atoms with E-state index in [1.807, 2.05) is 7.05 Å². The van der Waals surface area contributed by atoms with Gasteiger partial charge in [0, 0.05) is 12.1 Å². The van der Waals surface area contributed by atoms with Gasteiger partial charge in [-0.3, -0.25) is 0 Å². The van der Waals surface area contributed by atoms with Gasteiger partial charge in [-0.15, -0.1) is 0 Å². The smallest absolute Gasteiger partial charge is 0.0644 e. The predicted molar refractivity (Wildman–Crippen MR) is 71.0 cm³/mol. The van der Waals surface area contributed by atoms with Crippen LogP contribution >= 0.6 is 0 Å². The van der Waals surface area contributed by atoms with E-state index in [4.69, 9.17) is 4.74 Å². The van der Waals surface area contributed by atoms with Crippen LogP contribution < -0.4 is 5.32 Å². The summed E-state index contributed by atoms with van der Waals surface area (Å²) < 4.78 is 5.71. The molecule has 0 aliphatic heterocycles. The van der Waals surface area contributed by atoms with Crippen molar-refractivity contribution in [2.45, 2.75) is 45.1 Å². The van der Waals surface area contributed by atoms with Gasteiger partial charge in [0.1, 0.15) is 0 Å². The first kappa shape index (κ1) is 15.9. The molecule has 98 valence electrons. The van der Waals surface area contributed by atoms with E-state index in [0.717, 1.165) is 19.8 Å². The SMILES string of the molecule is CNCCCCCCOCC(C)(C)N(C)C. The molecule has 0 amide bonds. The molecule has 0 aromatic heterocycles. The lowest BCUT2D eigenvalue weighted by Gasteiger charge is -2.32. The number of nitrogens with one attached hydrogen (secondary N) is 1. The summed E-state index contributed by atoms with van der Waals surface area (Å²) in [5, 5.41) is 3.17. The van der Waals surface area contributed by atoms with Crippen molar-refractivity contribution in [1.29, 1.82) is 0 Å². The van der Waals surface area contributed by atoms with Crippen molar-refractivity contribution in [3.63, 3.8) is 0 Å². The molecular formula is C13H30N2O. The standard InChI is InChI=1S/C13H30N2O/c1-13(2,15(4)5)12-16-11-9-7-6-8-10-14-3/h14H,6-12H2,1-5H3. The van der Waals surface area contributed by atoms with Crippen LogP contribution in [0, 0.1) is 0 Å². The number of rotatable bonds is 10. The Balaban J connectivity index is 3.27. The van der Waals surface area contributed by atoms with Gasteiger partial charge in [-0.2, -0.15) is 0 Å². The average Bonchev–Trinajstić information content (AvgIpc) is 2.21. The summed E-state index contributed by atoms with van der Waals surface area (Å²) in [6.07, 6.45) is 5.05. The van der Waals surface area contributed by atoms with E-state index < -0.39 is 0 Å². The summed E-state index contributed by atoms with van der Waals surface area (Å²) in [6, 6.07) is 0. The maximum absolute atomic E-state index is 5.71. The molecule has 3 nitrogen and oxygen atoms in total. The molecule has 16 heavy (non-hydrogen) atoms. The van der Waals surface area contributed by atoms with Crippen LogP contribution in [0.4, 0.5) is 0 Å². The normalized spacial score (nSPS) is 12.4. The topological polar surface area (TPSA) is 24.5 Å². The lowest BCUT2D eigenvalue weighted by Crippen LogP contribution is -2.42. The summed E-state index contributed by atoms with van der Waals surface area (Å²) in [5.41, 5.74) is 0.145. The second kappa shape index (κ2) is 8.97. The van der Waals surface area contributed by atoms with Gasteiger partial charge in [-0.1, -0.05) is 12.8 Å². The second-order valence-corrected chi connectivity index (χ2v) is 5.28. The van der Waals surface area contributed by atoms with Crippen LogP contribution in [0.1, 0.15) is 39.5 Å². The first-order valence-electron chi connectivity index (χ1n) is 6.40. The first-order valence-corrected chi connectivity index (χ1v) is 6.40. The molecule has 3 heteroatoms. The lowest BCUT2D eigenvalue weighted by atomic mass is 10.1. The number of hydrogen-bond acceptors (Lipinski definition) is 3. The van der Waals surface area contributed by atoms with E-state index in [0.29, 0.717) is 0 Å². The molecule has 0 fully saturated rings. The molecule has 0 heterocycles. The van der Waals surface area contributed by atoms with E-state index in [9.17, 15) is 0 Å². The number of nitrogens with zero attached hydrogens (tertiary/aromatic N) is 1. The zero-order chi connectivity index (χ0) is 12.4. The molecular weight excluding hydrogens is 200 g/mol. The van der Waals surface area contributed by atoms with Gasteiger partial charge in [0.2, 0.25) is 0 Å². The molecule has 0 bridgehead atoms. The summed E-state index contributed by atoms with van der Waals surface area (Å²) in [4.78, 5) is 2.21. The highest BCUT2D eigenvalue weighted by molar-refractivity contribution is 4.75. The third kappa shape index (κ3) is 8.08. The molecule has 0 unspecified atom stereocenters. The van der Waals surface area contributed by atoms with Gasteiger partial charge in [-0.05, 0) is 54.4 Å². The van der Waals surface area contributed by atoms with Crippen LogP contribution in [-0.4, -0.2) is 51.3 Å². The molecule has 0 atom stereocenters. The lowest BCUT2D eigenvalue weighted by molar-refractivity contribution is 0.0345. The van der Waals surface area contributed by atoms with E-state index in [1.54, 1.807) is 0 Å². The van der Waals surface area contributed by atoms with Crippen LogP contribution in [0.25, 0.3) is 0 Å². The molecule has 0 spiro atoms. The zero-order valence-corrected chi connectivity index (χ0v) is 11.8. The minimum absolute atomic E-state index is 0.145. The molecule has 1 N–H and O–H groups in total. The third-order valence-electron chi connectivity index (χ3n) is 3.13. The Bertz CT molecular complexity index is 158. The Labute approximate surface area is 102 Å². The van der Waals surface area contributed by atoms with E-state index in [2.05, 4.69) is 38.2 Å². The summed E-state index contributed by atoms with van der Waals surface area (Å²) in [5.74, 6) is 0. The highest BCUT2D eigenvalue weighted by atomic mass is 16.5. The number of hydrogen-bond donors (Lipinski definition) is 1. The Kier molecular flexibility index (Phi) is 8.90. The minimum atomic E-state index is 0.145. The Morgan fingerprint density at radius 1 is 1.06 bits per heavy atom. The van der Waals surface area contributed by atoms with Crippen molar-refractivity contribution in [3.8, 4) is 0 Å². The summed E-state index contributed by atoms with van der Waals surface area (Å²) in [6.45, 7) is 7.27. The molecule has 0 saturated carbocycles. The fraction of sp³-hybridized carbons (Fsp3) is 1.00. The van der Waals surface area contributed by atoms with Gasteiger partial charge >= 0.3 is 0 Å². The highest BCUT2D eigenvalue weighted by Crippen LogP contribution is 2.10. The van der Waals surface area contributed by atoms with Crippen molar-refractivity contribution < 1.29 is 4.74 Å². The highest BCUT2D eigenvalue weighted by Gasteiger charge is 2.19. The largest absolute Gasteiger partial charge is 0.380 e. The van der Waals surface area contributed by atoms with Crippen molar-refractivity contribution in [2.24, 2.45) is 0 Å². The van der Waals surface area contributed by atoms with E-state index >= 15 is 0 Å². The van der Waals surface area contributed by atoms with Gasteiger partial charge < -0.3 is 15.0 Å². The maximum atomic E-state index is 5.71. The van der Waals surface area contributed by atoms with Crippen molar-refractivity contribution in [3.05, 3.63) is 0 Å².